The first kappa shape index (κ1) is 20.0. The predicted octanol–water partition coefficient (Wildman–Crippen LogP) is 1.88. The van der Waals surface area contributed by atoms with E-state index in [1.54, 1.807) is 0 Å². The fourth-order valence-electron chi connectivity index (χ4n) is 3.04. The SMILES string of the molecule is Nc1nccnc1C(=O)NCC(c1ccc(C(F)(F)F)cc1)N1CCOCC1. The summed E-state index contributed by atoms with van der Waals surface area (Å²) in [5.74, 6) is -0.478. The van der Waals surface area contributed by atoms with E-state index < -0.39 is 17.6 Å². The Morgan fingerprint density at radius 1 is 1.18 bits per heavy atom. The van der Waals surface area contributed by atoms with Crippen molar-refractivity contribution in [1.29, 1.82) is 0 Å². The minimum Gasteiger partial charge on any atom is -0.382 e. The smallest absolute Gasteiger partial charge is 0.382 e. The van der Waals surface area contributed by atoms with Crippen LogP contribution in [0.5, 0.6) is 0 Å². The third-order valence-corrected chi connectivity index (χ3v) is 4.51. The Morgan fingerprint density at radius 2 is 1.82 bits per heavy atom. The first-order valence-electron chi connectivity index (χ1n) is 8.70. The van der Waals surface area contributed by atoms with Gasteiger partial charge in [-0.3, -0.25) is 9.69 Å². The Balaban J connectivity index is 1.77. The van der Waals surface area contributed by atoms with Gasteiger partial charge in [0.15, 0.2) is 11.5 Å². The summed E-state index contributed by atoms with van der Waals surface area (Å²) in [6, 6.07) is 4.65. The lowest BCUT2D eigenvalue weighted by Crippen LogP contribution is -2.44. The number of nitrogens with two attached hydrogens (primary N) is 1. The topological polar surface area (TPSA) is 93.4 Å². The molecule has 1 atom stereocenters. The Bertz CT molecular complexity index is 808. The number of nitrogen functional groups attached to an aromatic ring is 1. The van der Waals surface area contributed by atoms with Gasteiger partial charge in [-0.25, -0.2) is 9.97 Å². The average Bonchev–Trinajstić information content (AvgIpc) is 2.69. The first-order valence-corrected chi connectivity index (χ1v) is 8.70. The van der Waals surface area contributed by atoms with Crippen LogP contribution < -0.4 is 11.1 Å². The summed E-state index contributed by atoms with van der Waals surface area (Å²) < 4.78 is 43.9. The molecule has 0 saturated carbocycles. The minimum atomic E-state index is -4.40. The zero-order chi connectivity index (χ0) is 20.1. The van der Waals surface area contributed by atoms with Gasteiger partial charge in [-0.15, -0.1) is 0 Å². The number of ether oxygens (including phenoxy) is 1. The molecule has 1 aromatic heterocycles. The van der Waals surface area contributed by atoms with Gasteiger partial charge in [0.05, 0.1) is 24.8 Å². The molecule has 1 amide bonds. The van der Waals surface area contributed by atoms with Crippen LogP contribution in [-0.2, 0) is 10.9 Å². The molecule has 150 valence electrons. The molecule has 1 aromatic carbocycles. The van der Waals surface area contributed by atoms with Gasteiger partial charge in [-0.1, -0.05) is 12.1 Å². The van der Waals surface area contributed by atoms with Crippen LogP contribution in [0.25, 0.3) is 0 Å². The Morgan fingerprint density at radius 3 is 2.43 bits per heavy atom. The molecule has 1 saturated heterocycles. The van der Waals surface area contributed by atoms with Crippen LogP contribution in [0.2, 0.25) is 0 Å². The average molecular weight is 395 g/mol. The molecule has 3 N–H and O–H groups in total. The van der Waals surface area contributed by atoms with Crippen molar-refractivity contribution < 1.29 is 22.7 Å². The molecule has 2 aromatic rings. The second-order valence-electron chi connectivity index (χ2n) is 6.28. The van der Waals surface area contributed by atoms with Gasteiger partial charge in [0.25, 0.3) is 5.91 Å². The molecular formula is C18H20F3N5O2. The summed E-state index contributed by atoms with van der Waals surface area (Å²) in [6.07, 6.45) is -1.66. The number of aromatic nitrogens is 2. The summed E-state index contributed by atoms with van der Waals surface area (Å²) >= 11 is 0. The summed E-state index contributed by atoms with van der Waals surface area (Å²) in [5.41, 5.74) is 5.64. The first-order chi connectivity index (χ1) is 13.4. The number of amides is 1. The molecule has 2 heterocycles. The molecular weight excluding hydrogens is 375 g/mol. The van der Waals surface area contributed by atoms with E-state index in [4.69, 9.17) is 10.5 Å². The molecule has 0 radical (unpaired) electrons. The largest absolute Gasteiger partial charge is 0.416 e. The number of hydrogen-bond acceptors (Lipinski definition) is 6. The van der Waals surface area contributed by atoms with E-state index in [1.807, 2.05) is 0 Å². The zero-order valence-electron chi connectivity index (χ0n) is 14.9. The van der Waals surface area contributed by atoms with Crippen LogP contribution in [0.4, 0.5) is 19.0 Å². The fraction of sp³-hybridized carbons (Fsp3) is 0.389. The standard InChI is InChI=1S/C18H20F3N5O2/c19-18(20,21)13-3-1-12(2-4-13)14(26-7-9-28-10-8-26)11-25-17(27)15-16(22)24-6-5-23-15/h1-6,14H,7-11H2,(H2,22,24)(H,25,27). The zero-order valence-corrected chi connectivity index (χ0v) is 14.9. The maximum atomic E-state index is 12.8. The lowest BCUT2D eigenvalue weighted by atomic mass is 10.0. The molecule has 1 aliphatic rings. The molecule has 1 aliphatic heterocycles. The van der Waals surface area contributed by atoms with Crippen LogP contribution in [0.1, 0.15) is 27.7 Å². The van der Waals surface area contributed by atoms with Gasteiger partial charge >= 0.3 is 6.18 Å². The maximum absolute atomic E-state index is 12.8. The number of hydrogen-bond donors (Lipinski definition) is 2. The summed E-state index contributed by atoms with van der Waals surface area (Å²) in [6.45, 7) is 2.42. The quantitative estimate of drug-likeness (QED) is 0.803. The van der Waals surface area contributed by atoms with Crippen LogP contribution in [0.15, 0.2) is 36.7 Å². The van der Waals surface area contributed by atoms with Crippen LogP contribution in [-0.4, -0.2) is 53.6 Å². The molecule has 0 spiro atoms. The fourth-order valence-corrected chi connectivity index (χ4v) is 3.04. The highest BCUT2D eigenvalue weighted by Crippen LogP contribution is 2.31. The molecule has 7 nitrogen and oxygen atoms in total. The van der Waals surface area contributed by atoms with E-state index in [-0.39, 0.29) is 24.1 Å². The van der Waals surface area contributed by atoms with Crippen LogP contribution in [0, 0.1) is 0 Å². The maximum Gasteiger partial charge on any atom is 0.416 e. The molecule has 28 heavy (non-hydrogen) atoms. The van der Waals surface area contributed by atoms with Gasteiger partial charge in [0.2, 0.25) is 0 Å². The van der Waals surface area contributed by atoms with Crippen molar-refractivity contribution in [3.8, 4) is 0 Å². The Hall–Kier alpha value is -2.72. The Labute approximate surface area is 159 Å². The summed E-state index contributed by atoms with van der Waals surface area (Å²) in [7, 11) is 0. The number of anilines is 1. The van der Waals surface area contributed by atoms with Crippen LogP contribution in [0.3, 0.4) is 0 Å². The second kappa shape index (κ2) is 8.53. The number of carbonyl (C=O) groups excluding carboxylic acids is 1. The number of nitrogens with zero attached hydrogens (tertiary/aromatic N) is 3. The number of benzene rings is 1. The van der Waals surface area contributed by atoms with E-state index >= 15 is 0 Å². The molecule has 1 unspecified atom stereocenters. The highest BCUT2D eigenvalue weighted by Gasteiger charge is 2.31. The number of morpholine rings is 1. The summed E-state index contributed by atoms with van der Waals surface area (Å²) in [5, 5.41) is 2.75. The van der Waals surface area contributed by atoms with E-state index in [1.165, 1.54) is 24.5 Å². The number of carbonyl (C=O) groups is 1. The van der Waals surface area contributed by atoms with Gasteiger partial charge in [-0.2, -0.15) is 13.2 Å². The third kappa shape index (κ3) is 4.76. The van der Waals surface area contributed by atoms with Crippen molar-refractivity contribution in [1.82, 2.24) is 20.2 Å². The minimum absolute atomic E-state index is 0.00986. The van der Waals surface area contributed by atoms with E-state index in [0.717, 1.165) is 12.1 Å². The van der Waals surface area contributed by atoms with Crippen molar-refractivity contribution in [2.45, 2.75) is 12.2 Å². The molecule has 3 rings (SSSR count). The normalized spacial score (nSPS) is 16.5. The Kier molecular flexibility index (Phi) is 6.10. The number of nitrogens with one attached hydrogen (secondary N) is 1. The monoisotopic (exact) mass is 395 g/mol. The lowest BCUT2D eigenvalue weighted by molar-refractivity contribution is -0.137. The van der Waals surface area contributed by atoms with E-state index in [2.05, 4.69) is 20.2 Å². The van der Waals surface area contributed by atoms with Gasteiger partial charge in [0, 0.05) is 32.0 Å². The second-order valence-corrected chi connectivity index (χ2v) is 6.28. The van der Waals surface area contributed by atoms with Gasteiger partial charge in [-0.05, 0) is 17.7 Å². The number of alkyl halides is 3. The lowest BCUT2D eigenvalue weighted by Gasteiger charge is -2.35. The molecule has 1 fully saturated rings. The summed E-state index contributed by atoms with van der Waals surface area (Å²) in [4.78, 5) is 22.2. The molecule has 10 heteroatoms. The van der Waals surface area contributed by atoms with Gasteiger partial charge in [0.1, 0.15) is 0 Å². The molecule has 0 bridgehead atoms. The van der Waals surface area contributed by atoms with Crippen molar-refractivity contribution in [3.63, 3.8) is 0 Å². The van der Waals surface area contributed by atoms with Crippen molar-refractivity contribution in [3.05, 3.63) is 53.5 Å². The van der Waals surface area contributed by atoms with Crippen molar-refractivity contribution in [2.24, 2.45) is 0 Å². The van der Waals surface area contributed by atoms with Crippen molar-refractivity contribution in [2.75, 3.05) is 38.6 Å². The molecule has 0 aliphatic carbocycles. The van der Waals surface area contributed by atoms with Crippen LogP contribution >= 0.6 is 0 Å². The van der Waals surface area contributed by atoms with E-state index in [0.29, 0.717) is 31.9 Å². The number of rotatable bonds is 5. The highest BCUT2D eigenvalue weighted by molar-refractivity contribution is 5.96. The highest BCUT2D eigenvalue weighted by atomic mass is 19.4. The number of halogens is 3. The third-order valence-electron chi connectivity index (χ3n) is 4.51. The predicted molar refractivity (Wildman–Crippen MR) is 95.4 cm³/mol. The van der Waals surface area contributed by atoms with Gasteiger partial charge < -0.3 is 15.8 Å². The van der Waals surface area contributed by atoms with E-state index in [9.17, 15) is 18.0 Å². The van der Waals surface area contributed by atoms with Crippen molar-refractivity contribution >= 4 is 11.7 Å².